The first-order valence-corrected chi connectivity index (χ1v) is 11.4. The molecule has 2 aromatic carbocycles. The summed E-state index contributed by atoms with van der Waals surface area (Å²) >= 11 is 0. The SMILES string of the molecule is CC(=O)NCc1cn(CC2CCCN2C(=O)C(N)c2ccc3ccccc3c2)nn1.O=C(O)C(F)(F)F. The lowest BCUT2D eigenvalue weighted by Gasteiger charge is -2.27. The normalized spacial score (nSPS) is 16.1. The van der Waals surface area contributed by atoms with Crippen LogP contribution >= 0.6 is 0 Å². The average molecular weight is 521 g/mol. The van der Waals surface area contributed by atoms with E-state index in [4.69, 9.17) is 15.6 Å². The standard InChI is InChI=1S/C22H26N6O2.C2HF3O2/c1-15(29)24-12-19-13-27(26-25-19)14-20-7-4-10-28(20)22(30)21(23)18-9-8-16-5-2-3-6-17(16)11-18;3-2(4,5)1(6)7/h2-3,5-6,8-9,11,13,20-21H,4,7,10,12,14,23H2,1H3,(H,24,29);(H,6,7). The van der Waals surface area contributed by atoms with Crippen LogP contribution in [-0.4, -0.2) is 61.5 Å². The highest BCUT2D eigenvalue weighted by molar-refractivity contribution is 5.87. The number of likely N-dealkylation sites (tertiary alicyclic amines) is 1. The molecule has 1 saturated heterocycles. The first-order chi connectivity index (χ1) is 17.5. The van der Waals surface area contributed by atoms with Gasteiger partial charge in [-0.15, -0.1) is 5.10 Å². The number of carboxylic acid groups (broad SMARTS) is 1. The molecule has 0 saturated carbocycles. The van der Waals surface area contributed by atoms with Crippen molar-refractivity contribution in [1.82, 2.24) is 25.2 Å². The van der Waals surface area contributed by atoms with Gasteiger partial charge in [0.2, 0.25) is 11.8 Å². The number of amides is 2. The van der Waals surface area contributed by atoms with Gasteiger partial charge in [0.15, 0.2) is 0 Å². The molecular weight excluding hydrogens is 493 g/mol. The smallest absolute Gasteiger partial charge is 0.475 e. The number of carboxylic acids is 1. The molecule has 2 unspecified atom stereocenters. The van der Waals surface area contributed by atoms with Crippen molar-refractivity contribution in [3.8, 4) is 0 Å². The Morgan fingerprint density at radius 2 is 1.86 bits per heavy atom. The first-order valence-electron chi connectivity index (χ1n) is 11.4. The van der Waals surface area contributed by atoms with Crippen molar-refractivity contribution < 1.29 is 32.7 Å². The number of halogens is 3. The van der Waals surface area contributed by atoms with E-state index in [2.05, 4.69) is 15.6 Å². The molecule has 1 aromatic heterocycles. The third-order valence-electron chi connectivity index (χ3n) is 5.80. The maximum absolute atomic E-state index is 13.2. The third-order valence-corrected chi connectivity index (χ3v) is 5.80. The number of carbonyl (C=O) groups is 3. The Hall–Kier alpha value is -4.00. The number of hydrogen-bond acceptors (Lipinski definition) is 6. The average Bonchev–Trinajstić information content (AvgIpc) is 3.51. The number of alkyl halides is 3. The lowest BCUT2D eigenvalue weighted by molar-refractivity contribution is -0.192. The number of nitrogens with zero attached hydrogens (tertiary/aromatic N) is 4. The molecule has 4 N–H and O–H groups in total. The van der Waals surface area contributed by atoms with Gasteiger partial charge in [0.1, 0.15) is 11.7 Å². The second-order valence-corrected chi connectivity index (χ2v) is 8.56. The van der Waals surface area contributed by atoms with E-state index in [1.165, 1.54) is 6.92 Å². The lowest BCUT2D eigenvalue weighted by Crippen LogP contribution is -2.43. The van der Waals surface area contributed by atoms with E-state index in [9.17, 15) is 22.8 Å². The molecule has 0 radical (unpaired) electrons. The van der Waals surface area contributed by atoms with Gasteiger partial charge in [-0.1, -0.05) is 41.6 Å². The van der Waals surface area contributed by atoms with Crippen LogP contribution in [-0.2, 0) is 27.5 Å². The summed E-state index contributed by atoms with van der Waals surface area (Å²) in [5.74, 6) is -2.93. The fourth-order valence-electron chi connectivity index (χ4n) is 3.98. The molecule has 198 valence electrons. The predicted octanol–water partition coefficient (Wildman–Crippen LogP) is 2.39. The van der Waals surface area contributed by atoms with Crippen LogP contribution in [0.15, 0.2) is 48.7 Å². The number of aliphatic carboxylic acids is 1. The number of hydrogen-bond donors (Lipinski definition) is 3. The first kappa shape index (κ1) is 27.6. The molecule has 2 amide bonds. The minimum atomic E-state index is -5.08. The van der Waals surface area contributed by atoms with E-state index in [-0.39, 0.29) is 17.9 Å². The number of fused-ring (bicyclic) bond motifs is 1. The van der Waals surface area contributed by atoms with E-state index >= 15 is 0 Å². The molecule has 0 spiro atoms. The Morgan fingerprint density at radius 3 is 2.51 bits per heavy atom. The molecule has 37 heavy (non-hydrogen) atoms. The summed E-state index contributed by atoms with van der Waals surface area (Å²) in [7, 11) is 0. The van der Waals surface area contributed by atoms with Crippen LogP contribution in [0.5, 0.6) is 0 Å². The third kappa shape index (κ3) is 7.49. The Morgan fingerprint density at radius 1 is 1.19 bits per heavy atom. The van der Waals surface area contributed by atoms with Crippen molar-refractivity contribution in [3.63, 3.8) is 0 Å². The predicted molar refractivity (Wildman–Crippen MR) is 127 cm³/mol. The van der Waals surface area contributed by atoms with Crippen LogP contribution in [0.3, 0.4) is 0 Å². The minimum Gasteiger partial charge on any atom is -0.475 e. The minimum absolute atomic E-state index is 0.0272. The fourth-order valence-corrected chi connectivity index (χ4v) is 3.98. The molecule has 4 rings (SSSR count). The highest BCUT2D eigenvalue weighted by atomic mass is 19.4. The molecule has 13 heteroatoms. The van der Waals surface area contributed by atoms with Gasteiger partial charge in [0, 0.05) is 13.5 Å². The molecule has 2 atom stereocenters. The number of rotatable bonds is 6. The van der Waals surface area contributed by atoms with Crippen molar-refractivity contribution in [3.05, 3.63) is 59.9 Å². The molecule has 1 fully saturated rings. The second-order valence-electron chi connectivity index (χ2n) is 8.56. The Bertz CT molecular complexity index is 1260. The zero-order valence-electron chi connectivity index (χ0n) is 20.0. The van der Waals surface area contributed by atoms with Gasteiger partial charge in [-0.05, 0) is 35.2 Å². The molecular formula is C24H27F3N6O4. The quantitative estimate of drug-likeness (QED) is 0.453. The van der Waals surface area contributed by atoms with Crippen molar-refractivity contribution in [1.29, 1.82) is 0 Å². The maximum Gasteiger partial charge on any atom is 0.490 e. The zero-order chi connectivity index (χ0) is 27.2. The van der Waals surface area contributed by atoms with E-state index in [0.717, 1.165) is 29.2 Å². The highest BCUT2D eigenvalue weighted by Gasteiger charge is 2.38. The molecule has 1 aliphatic heterocycles. The molecule has 0 aliphatic carbocycles. The van der Waals surface area contributed by atoms with E-state index < -0.39 is 18.2 Å². The highest BCUT2D eigenvalue weighted by Crippen LogP contribution is 2.25. The molecule has 2 heterocycles. The Kier molecular flexibility index (Phi) is 8.81. The van der Waals surface area contributed by atoms with Crippen LogP contribution in [0.4, 0.5) is 13.2 Å². The number of nitrogens with two attached hydrogens (primary N) is 1. The van der Waals surface area contributed by atoms with E-state index in [1.54, 1.807) is 10.9 Å². The van der Waals surface area contributed by atoms with Gasteiger partial charge in [-0.25, -0.2) is 4.79 Å². The summed E-state index contributed by atoms with van der Waals surface area (Å²) in [5, 5.41) is 20.2. The van der Waals surface area contributed by atoms with Gasteiger partial charge in [-0.3, -0.25) is 14.3 Å². The summed E-state index contributed by atoms with van der Waals surface area (Å²) in [6.45, 7) is 3.06. The summed E-state index contributed by atoms with van der Waals surface area (Å²) in [4.78, 5) is 35.0. The second kappa shape index (κ2) is 11.8. The van der Waals surface area contributed by atoms with Crippen molar-refractivity contribution >= 4 is 28.6 Å². The van der Waals surface area contributed by atoms with Gasteiger partial charge < -0.3 is 21.1 Å². The van der Waals surface area contributed by atoms with Crippen molar-refractivity contribution in [2.45, 2.75) is 51.1 Å². The number of carbonyl (C=O) groups excluding carboxylic acids is 2. The van der Waals surface area contributed by atoms with E-state index in [0.29, 0.717) is 25.3 Å². The van der Waals surface area contributed by atoms with Crippen molar-refractivity contribution in [2.24, 2.45) is 5.73 Å². The summed E-state index contributed by atoms with van der Waals surface area (Å²) in [6, 6.07) is 13.3. The monoisotopic (exact) mass is 520 g/mol. The van der Waals surface area contributed by atoms with E-state index in [1.807, 2.05) is 47.4 Å². The largest absolute Gasteiger partial charge is 0.490 e. The van der Waals surface area contributed by atoms with Gasteiger partial charge >= 0.3 is 12.1 Å². The van der Waals surface area contributed by atoms with Gasteiger partial charge in [0.25, 0.3) is 0 Å². The summed E-state index contributed by atoms with van der Waals surface area (Å²) in [6.07, 6.45) is -1.44. The number of nitrogens with one attached hydrogen (secondary N) is 1. The fraction of sp³-hybridized carbons (Fsp3) is 0.375. The summed E-state index contributed by atoms with van der Waals surface area (Å²) < 4.78 is 33.5. The van der Waals surface area contributed by atoms with Crippen LogP contribution < -0.4 is 11.1 Å². The molecule has 3 aromatic rings. The Labute approximate surface area is 210 Å². The van der Waals surface area contributed by atoms with Gasteiger partial charge in [-0.2, -0.15) is 13.2 Å². The van der Waals surface area contributed by atoms with Crippen LogP contribution in [0.2, 0.25) is 0 Å². The van der Waals surface area contributed by atoms with Crippen LogP contribution in [0.1, 0.15) is 37.1 Å². The molecule has 0 bridgehead atoms. The molecule has 1 aliphatic rings. The van der Waals surface area contributed by atoms with Crippen LogP contribution in [0.25, 0.3) is 10.8 Å². The van der Waals surface area contributed by atoms with Crippen LogP contribution in [0, 0.1) is 0 Å². The summed E-state index contributed by atoms with van der Waals surface area (Å²) in [5.41, 5.74) is 7.88. The zero-order valence-corrected chi connectivity index (χ0v) is 20.0. The molecule has 10 nitrogen and oxygen atoms in total. The number of aromatic nitrogens is 3. The lowest BCUT2D eigenvalue weighted by atomic mass is 10.0. The Balaban J connectivity index is 0.000000479. The maximum atomic E-state index is 13.2. The van der Waals surface area contributed by atoms with Crippen molar-refractivity contribution in [2.75, 3.05) is 6.54 Å². The topological polar surface area (TPSA) is 143 Å². The number of benzene rings is 2. The van der Waals surface area contributed by atoms with Gasteiger partial charge in [0.05, 0.1) is 25.3 Å².